The molecule has 0 aliphatic carbocycles. The summed E-state index contributed by atoms with van der Waals surface area (Å²) < 4.78 is 5.48. The number of piperazine rings is 1. The van der Waals surface area contributed by atoms with E-state index in [4.69, 9.17) is 4.74 Å². The van der Waals surface area contributed by atoms with Crippen molar-refractivity contribution >= 4 is 12.0 Å². The molecule has 3 rings (SSSR count). The van der Waals surface area contributed by atoms with Gasteiger partial charge in [-0.25, -0.2) is 4.79 Å². The Hall–Kier alpha value is -2.08. The molecule has 1 atom stereocenters. The van der Waals surface area contributed by atoms with Crippen molar-refractivity contribution in [2.45, 2.75) is 31.4 Å². The standard InChI is InChI=1S/C18H25N3O3/c1-20-11-12-21(14-18(20)8-7-16(22)19-10-9-18)17(23)24-13-15-5-3-2-4-6-15/h2-6H,7-14H2,1H3,(H,19,22). The lowest BCUT2D eigenvalue weighted by atomic mass is 9.86. The Kier molecular flexibility index (Phi) is 5.04. The average Bonchev–Trinajstić information content (AvgIpc) is 2.79. The summed E-state index contributed by atoms with van der Waals surface area (Å²) in [5.41, 5.74) is 0.849. The van der Waals surface area contributed by atoms with E-state index in [-0.39, 0.29) is 17.5 Å². The molecule has 1 N–H and O–H groups in total. The van der Waals surface area contributed by atoms with Gasteiger partial charge in [-0.2, -0.15) is 0 Å². The fourth-order valence-electron chi connectivity index (χ4n) is 3.56. The Bertz CT molecular complexity index is 592. The summed E-state index contributed by atoms with van der Waals surface area (Å²) in [5.74, 6) is 0.101. The molecule has 1 unspecified atom stereocenters. The maximum atomic E-state index is 12.5. The third-order valence-electron chi connectivity index (χ3n) is 5.19. The summed E-state index contributed by atoms with van der Waals surface area (Å²) in [7, 11) is 2.09. The third-order valence-corrected chi connectivity index (χ3v) is 5.19. The first-order valence-corrected chi connectivity index (χ1v) is 8.53. The van der Waals surface area contributed by atoms with E-state index < -0.39 is 0 Å². The molecule has 6 heteroatoms. The largest absolute Gasteiger partial charge is 0.445 e. The van der Waals surface area contributed by atoms with Crippen molar-refractivity contribution in [2.24, 2.45) is 0 Å². The van der Waals surface area contributed by atoms with Crippen LogP contribution in [0.4, 0.5) is 4.79 Å². The van der Waals surface area contributed by atoms with Crippen molar-refractivity contribution in [2.75, 3.05) is 33.2 Å². The summed E-state index contributed by atoms with van der Waals surface area (Å²) in [6, 6.07) is 9.70. The minimum atomic E-state index is -0.269. The van der Waals surface area contributed by atoms with Gasteiger partial charge < -0.3 is 15.0 Å². The first kappa shape index (κ1) is 16.8. The highest BCUT2D eigenvalue weighted by Crippen LogP contribution is 2.30. The van der Waals surface area contributed by atoms with Crippen molar-refractivity contribution in [1.82, 2.24) is 15.1 Å². The number of ether oxygens (including phenoxy) is 1. The van der Waals surface area contributed by atoms with Gasteiger partial charge in [0, 0.05) is 38.1 Å². The molecular weight excluding hydrogens is 306 g/mol. The molecule has 2 fully saturated rings. The molecule has 2 amide bonds. The number of nitrogens with one attached hydrogen (secondary N) is 1. The number of carbonyl (C=O) groups is 2. The molecule has 0 aromatic heterocycles. The van der Waals surface area contributed by atoms with Crippen LogP contribution in [0.25, 0.3) is 0 Å². The predicted molar refractivity (Wildman–Crippen MR) is 90.4 cm³/mol. The third kappa shape index (κ3) is 3.70. The quantitative estimate of drug-likeness (QED) is 0.894. The maximum absolute atomic E-state index is 12.5. The van der Waals surface area contributed by atoms with Crippen LogP contribution in [0.5, 0.6) is 0 Å². The second-order valence-corrected chi connectivity index (χ2v) is 6.71. The molecule has 2 saturated heterocycles. The van der Waals surface area contributed by atoms with Crippen LogP contribution in [0.2, 0.25) is 0 Å². The Morgan fingerprint density at radius 1 is 1.25 bits per heavy atom. The molecule has 1 spiro atoms. The van der Waals surface area contributed by atoms with Crippen LogP contribution in [0, 0.1) is 0 Å². The molecule has 2 heterocycles. The van der Waals surface area contributed by atoms with E-state index >= 15 is 0 Å². The van der Waals surface area contributed by atoms with Gasteiger partial charge in [0.15, 0.2) is 0 Å². The lowest BCUT2D eigenvalue weighted by molar-refractivity contribution is -0.121. The fraction of sp³-hybridized carbons (Fsp3) is 0.556. The lowest BCUT2D eigenvalue weighted by Crippen LogP contribution is -2.62. The van der Waals surface area contributed by atoms with E-state index in [2.05, 4.69) is 17.3 Å². The van der Waals surface area contributed by atoms with Crippen LogP contribution in [0.1, 0.15) is 24.8 Å². The normalized spacial score (nSPS) is 25.2. The summed E-state index contributed by atoms with van der Waals surface area (Å²) >= 11 is 0. The molecule has 6 nitrogen and oxygen atoms in total. The van der Waals surface area contributed by atoms with Crippen LogP contribution in [-0.2, 0) is 16.1 Å². The van der Waals surface area contributed by atoms with Gasteiger partial charge in [-0.15, -0.1) is 0 Å². The van der Waals surface area contributed by atoms with Gasteiger partial charge in [-0.3, -0.25) is 9.69 Å². The molecule has 130 valence electrons. The molecule has 2 aliphatic heterocycles. The minimum absolute atomic E-state index is 0.101. The van der Waals surface area contributed by atoms with Crippen LogP contribution < -0.4 is 5.32 Å². The molecule has 24 heavy (non-hydrogen) atoms. The maximum Gasteiger partial charge on any atom is 0.410 e. The zero-order valence-corrected chi connectivity index (χ0v) is 14.2. The molecule has 2 aliphatic rings. The number of amides is 2. The minimum Gasteiger partial charge on any atom is -0.445 e. The van der Waals surface area contributed by atoms with Crippen molar-refractivity contribution in [1.29, 1.82) is 0 Å². The topological polar surface area (TPSA) is 61.9 Å². The van der Waals surface area contributed by atoms with Gasteiger partial charge in [0.2, 0.25) is 5.91 Å². The number of carbonyl (C=O) groups excluding carboxylic acids is 2. The van der Waals surface area contributed by atoms with Crippen LogP contribution >= 0.6 is 0 Å². The first-order chi connectivity index (χ1) is 11.6. The molecular formula is C18H25N3O3. The van der Waals surface area contributed by atoms with E-state index in [1.807, 2.05) is 30.3 Å². The van der Waals surface area contributed by atoms with Gasteiger partial charge in [-0.05, 0) is 25.5 Å². The summed E-state index contributed by atoms with van der Waals surface area (Å²) in [6.45, 7) is 3.03. The number of likely N-dealkylation sites (N-methyl/N-ethyl adjacent to an activating group) is 1. The van der Waals surface area contributed by atoms with Gasteiger partial charge in [0.25, 0.3) is 0 Å². The average molecular weight is 331 g/mol. The summed E-state index contributed by atoms with van der Waals surface area (Å²) in [6.07, 6.45) is 1.88. The molecule has 1 aromatic carbocycles. The highest BCUT2D eigenvalue weighted by Gasteiger charge is 2.42. The van der Waals surface area contributed by atoms with Gasteiger partial charge in [-0.1, -0.05) is 30.3 Å². The van der Waals surface area contributed by atoms with Crippen molar-refractivity contribution in [3.8, 4) is 0 Å². The Morgan fingerprint density at radius 2 is 2.04 bits per heavy atom. The van der Waals surface area contributed by atoms with Crippen LogP contribution in [0.15, 0.2) is 30.3 Å². The predicted octanol–water partition coefficient (Wildman–Crippen LogP) is 1.61. The smallest absolute Gasteiger partial charge is 0.410 e. The first-order valence-electron chi connectivity index (χ1n) is 8.53. The van der Waals surface area contributed by atoms with E-state index in [0.29, 0.717) is 32.7 Å². The van der Waals surface area contributed by atoms with E-state index in [1.165, 1.54) is 0 Å². The number of rotatable bonds is 2. The van der Waals surface area contributed by atoms with Gasteiger partial charge in [0.1, 0.15) is 6.61 Å². The summed E-state index contributed by atoms with van der Waals surface area (Å²) in [4.78, 5) is 28.2. The molecule has 0 bridgehead atoms. The van der Waals surface area contributed by atoms with E-state index in [0.717, 1.165) is 24.9 Å². The van der Waals surface area contributed by atoms with Crippen molar-refractivity contribution in [3.05, 3.63) is 35.9 Å². The highest BCUT2D eigenvalue weighted by atomic mass is 16.6. The Labute approximate surface area is 142 Å². The molecule has 0 saturated carbocycles. The van der Waals surface area contributed by atoms with Crippen LogP contribution in [-0.4, -0.2) is 60.6 Å². The van der Waals surface area contributed by atoms with Crippen LogP contribution in [0.3, 0.4) is 0 Å². The highest BCUT2D eigenvalue weighted by molar-refractivity contribution is 5.76. The SMILES string of the molecule is CN1CCN(C(=O)OCc2ccccc2)CC12CCNC(=O)CC2. The van der Waals surface area contributed by atoms with Crippen molar-refractivity contribution in [3.63, 3.8) is 0 Å². The number of hydrogen-bond donors (Lipinski definition) is 1. The molecule has 0 radical (unpaired) electrons. The summed E-state index contributed by atoms with van der Waals surface area (Å²) in [5, 5.41) is 2.93. The zero-order chi connectivity index (χ0) is 17.0. The number of hydrogen-bond acceptors (Lipinski definition) is 4. The number of nitrogens with zero attached hydrogens (tertiary/aromatic N) is 2. The lowest BCUT2D eigenvalue weighted by Gasteiger charge is -2.48. The second kappa shape index (κ2) is 7.21. The van der Waals surface area contributed by atoms with Crippen molar-refractivity contribution < 1.29 is 14.3 Å². The monoisotopic (exact) mass is 331 g/mol. The Morgan fingerprint density at radius 3 is 2.83 bits per heavy atom. The Balaban J connectivity index is 1.62. The number of benzene rings is 1. The van der Waals surface area contributed by atoms with E-state index in [1.54, 1.807) is 4.90 Å². The van der Waals surface area contributed by atoms with Gasteiger partial charge in [0.05, 0.1) is 0 Å². The van der Waals surface area contributed by atoms with E-state index in [9.17, 15) is 9.59 Å². The zero-order valence-electron chi connectivity index (χ0n) is 14.2. The van der Waals surface area contributed by atoms with Gasteiger partial charge >= 0.3 is 6.09 Å². The second-order valence-electron chi connectivity index (χ2n) is 6.71. The fourth-order valence-corrected chi connectivity index (χ4v) is 3.56. The molecule has 1 aromatic rings.